The summed E-state index contributed by atoms with van der Waals surface area (Å²) in [6, 6.07) is 4.52. The largest absolute Gasteiger partial charge is 0.496 e. The van der Waals surface area contributed by atoms with Crippen LogP contribution in [0.2, 0.25) is 0 Å². The lowest BCUT2D eigenvalue weighted by Gasteiger charge is -2.13. The fourth-order valence-electron chi connectivity index (χ4n) is 1.31. The second-order valence-corrected chi connectivity index (χ2v) is 3.53. The number of methoxy groups -OCH3 is 2. The molecule has 18 heavy (non-hydrogen) atoms. The maximum atomic E-state index is 11.8. The molecule has 0 aromatic heterocycles. The molecular formula is C12H15NO5. The minimum atomic E-state index is -0.982. The minimum Gasteiger partial charge on any atom is -0.496 e. The van der Waals surface area contributed by atoms with E-state index in [2.05, 4.69) is 4.74 Å². The number of nitrogen functional groups attached to an aromatic ring is 1. The predicted molar refractivity (Wildman–Crippen MR) is 64.3 cm³/mol. The molecule has 6 heteroatoms. The summed E-state index contributed by atoms with van der Waals surface area (Å²) in [4.78, 5) is 23.0. The fraction of sp³-hybridized carbons (Fsp3) is 0.333. The summed E-state index contributed by atoms with van der Waals surface area (Å²) in [5, 5.41) is 0. The van der Waals surface area contributed by atoms with Gasteiger partial charge < -0.3 is 19.9 Å². The maximum Gasteiger partial charge on any atom is 0.346 e. The van der Waals surface area contributed by atoms with Crippen LogP contribution in [0.15, 0.2) is 18.2 Å². The Bertz CT molecular complexity index is 458. The van der Waals surface area contributed by atoms with Crippen molar-refractivity contribution in [3.8, 4) is 5.75 Å². The quantitative estimate of drug-likeness (QED) is 0.636. The summed E-state index contributed by atoms with van der Waals surface area (Å²) >= 11 is 0. The van der Waals surface area contributed by atoms with E-state index in [0.29, 0.717) is 5.69 Å². The van der Waals surface area contributed by atoms with Crippen LogP contribution in [0, 0.1) is 0 Å². The van der Waals surface area contributed by atoms with Crippen LogP contribution in [0.4, 0.5) is 5.69 Å². The van der Waals surface area contributed by atoms with E-state index in [0.717, 1.165) is 0 Å². The molecule has 1 atom stereocenters. The van der Waals surface area contributed by atoms with Crippen LogP contribution in [0.3, 0.4) is 0 Å². The second kappa shape index (κ2) is 5.90. The highest BCUT2D eigenvalue weighted by atomic mass is 16.6. The first-order valence-corrected chi connectivity index (χ1v) is 5.22. The van der Waals surface area contributed by atoms with Crippen molar-refractivity contribution >= 4 is 17.6 Å². The SMILES string of the molecule is COC(=O)C(C)OC(=O)c1ccc(N)cc1OC. The summed E-state index contributed by atoms with van der Waals surface area (Å²) in [6.45, 7) is 1.42. The van der Waals surface area contributed by atoms with Gasteiger partial charge in [0.25, 0.3) is 0 Å². The molecule has 0 aliphatic heterocycles. The molecule has 0 amide bonds. The number of esters is 2. The number of rotatable bonds is 4. The van der Waals surface area contributed by atoms with Crippen LogP contribution >= 0.6 is 0 Å². The summed E-state index contributed by atoms with van der Waals surface area (Å²) < 4.78 is 14.4. The average molecular weight is 253 g/mol. The number of hydrogen-bond donors (Lipinski definition) is 1. The van der Waals surface area contributed by atoms with Crippen molar-refractivity contribution in [2.45, 2.75) is 13.0 Å². The first-order chi connectivity index (χ1) is 8.49. The highest BCUT2D eigenvalue weighted by Gasteiger charge is 2.21. The van der Waals surface area contributed by atoms with Gasteiger partial charge in [0.05, 0.1) is 14.2 Å². The fourth-order valence-corrected chi connectivity index (χ4v) is 1.31. The number of nitrogens with two attached hydrogens (primary N) is 1. The van der Waals surface area contributed by atoms with Gasteiger partial charge in [0.15, 0.2) is 6.10 Å². The molecular weight excluding hydrogens is 238 g/mol. The molecule has 0 fully saturated rings. The molecule has 6 nitrogen and oxygen atoms in total. The van der Waals surface area contributed by atoms with Crippen LogP contribution in [0.1, 0.15) is 17.3 Å². The van der Waals surface area contributed by atoms with Crippen molar-refractivity contribution in [1.29, 1.82) is 0 Å². The van der Waals surface area contributed by atoms with Crippen molar-refractivity contribution in [1.82, 2.24) is 0 Å². The zero-order valence-corrected chi connectivity index (χ0v) is 10.4. The molecule has 1 unspecified atom stereocenters. The molecule has 0 spiro atoms. The number of hydrogen-bond acceptors (Lipinski definition) is 6. The molecule has 0 saturated heterocycles. The second-order valence-electron chi connectivity index (χ2n) is 3.53. The lowest BCUT2D eigenvalue weighted by molar-refractivity contribution is -0.149. The zero-order chi connectivity index (χ0) is 13.7. The number of carbonyl (C=O) groups excluding carboxylic acids is 2. The molecule has 1 rings (SSSR count). The van der Waals surface area contributed by atoms with Gasteiger partial charge in [0.2, 0.25) is 0 Å². The summed E-state index contributed by atoms with van der Waals surface area (Å²) in [6.07, 6.45) is -0.982. The smallest absolute Gasteiger partial charge is 0.346 e. The molecule has 0 heterocycles. The first kappa shape index (κ1) is 13.8. The van der Waals surface area contributed by atoms with E-state index in [1.54, 1.807) is 6.07 Å². The van der Waals surface area contributed by atoms with Crippen LogP contribution in [-0.2, 0) is 14.3 Å². The van der Waals surface area contributed by atoms with Gasteiger partial charge in [0, 0.05) is 11.8 Å². The van der Waals surface area contributed by atoms with E-state index in [4.69, 9.17) is 15.2 Å². The molecule has 1 aromatic rings. The number of anilines is 1. The number of benzene rings is 1. The topological polar surface area (TPSA) is 87.9 Å². The average Bonchev–Trinajstić information content (AvgIpc) is 2.37. The third-order valence-corrected chi connectivity index (χ3v) is 2.26. The van der Waals surface area contributed by atoms with Gasteiger partial charge in [-0.3, -0.25) is 0 Å². The Morgan fingerprint density at radius 3 is 2.50 bits per heavy atom. The Morgan fingerprint density at radius 2 is 1.94 bits per heavy atom. The van der Waals surface area contributed by atoms with E-state index in [-0.39, 0.29) is 11.3 Å². The Morgan fingerprint density at radius 1 is 1.28 bits per heavy atom. The van der Waals surface area contributed by atoms with E-state index >= 15 is 0 Å². The van der Waals surface area contributed by atoms with Crippen LogP contribution in [0.25, 0.3) is 0 Å². The van der Waals surface area contributed by atoms with Crippen molar-refractivity contribution in [2.24, 2.45) is 0 Å². The molecule has 0 radical (unpaired) electrons. The number of ether oxygens (including phenoxy) is 3. The highest BCUT2D eigenvalue weighted by molar-refractivity contribution is 5.94. The molecule has 1 aromatic carbocycles. The van der Waals surface area contributed by atoms with Crippen LogP contribution < -0.4 is 10.5 Å². The third-order valence-electron chi connectivity index (χ3n) is 2.26. The Hall–Kier alpha value is -2.24. The van der Waals surface area contributed by atoms with Crippen molar-refractivity contribution in [3.05, 3.63) is 23.8 Å². The van der Waals surface area contributed by atoms with Gasteiger partial charge in [-0.1, -0.05) is 0 Å². The van der Waals surface area contributed by atoms with Crippen LogP contribution in [0.5, 0.6) is 5.75 Å². The first-order valence-electron chi connectivity index (χ1n) is 5.22. The normalized spacial score (nSPS) is 11.5. The summed E-state index contributed by atoms with van der Waals surface area (Å²) in [5.41, 5.74) is 6.23. The lowest BCUT2D eigenvalue weighted by atomic mass is 10.2. The predicted octanol–water partition coefficient (Wildman–Crippen LogP) is 0.996. The van der Waals surface area contributed by atoms with Crippen molar-refractivity contribution in [2.75, 3.05) is 20.0 Å². The summed E-state index contributed by atoms with van der Waals surface area (Å²) in [5.74, 6) is -1.01. The maximum absolute atomic E-state index is 11.8. The highest BCUT2D eigenvalue weighted by Crippen LogP contribution is 2.22. The van der Waals surface area contributed by atoms with Gasteiger partial charge in [-0.25, -0.2) is 9.59 Å². The van der Waals surface area contributed by atoms with E-state index in [9.17, 15) is 9.59 Å². The van der Waals surface area contributed by atoms with Gasteiger partial charge in [-0.15, -0.1) is 0 Å². The Kier molecular flexibility index (Phi) is 4.53. The Labute approximate surface area is 105 Å². The van der Waals surface area contributed by atoms with E-state index in [1.807, 2.05) is 0 Å². The zero-order valence-electron chi connectivity index (χ0n) is 10.4. The summed E-state index contributed by atoms with van der Waals surface area (Å²) in [7, 11) is 2.63. The molecule has 98 valence electrons. The third kappa shape index (κ3) is 3.13. The van der Waals surface area contributed by atoms with Gasteiger partial charge in [0.1, 0.15) is 11.3 Å². The van der Waals surface area contributed by atoms with Crippen molar-refractivity contribution in [3.63, 3.8) is 0 Å². The molecule has 0 aliphatic carbocycles. The number of carbonyl (C=O) groups is 2. The lowest BCUT2D eigenvalue weighted by Crippen LogP contribution is -2.25. The Balaban J connectivity index is 2.87. The molecule has 0 saturated carbocycles. The van der Waals surface area contributed by atoms with E-state index in [1.165, 1.54) is 33.3 Å². The van der Waals surface area contributed by atoms with Crippen molar-refractivity contribution < 1.29 is 23.8 Å². The molecule has 2 N–H and O–H groups in total. The van der Waals surface area contributed by atoms with Crippen LogP contribution in [-0.4, -0.2) is 32.3 Å². The standard InChI is InChI=1S/C12H15NO5/c1-7(11(14)17-3)18-12(15)9-5-4-8(13)6-10(9)16-2/h4-7H,13H2,1-3H3. The minimum absolute atomic E-state index is 0.197. The van der Waals surface area contributed by atoms with Gasteiger partial charge >= 0.3 is 11.9 Å². The van der Waals surface area contributed by atoms with E-state index < -0.39 is 18.0 Å². The van der Waals surface area contributed by atoms with Gasteiger partial charge in [-0.2, -0.15) is 0 Å². The molecule has 0 bridgehead atoms. The van der Waals surface area contributed by atoms with Gasteiger partial charge in [-0.05, 0) is 19.1 Å². The molecule has 0 aliphatic rings. The monoisotopic (exact) mass is 253 g/mol.